The molecule has 8 aromatic carbocycles. The van der Waals surface area contributed by atoms with Gasteiger partial charge < -0.3 is 4.48 Å². The van der Waals surface area contributed by atoms with E-state index in [1.807, 2.05) is 0 Å². The minimum absolute atomic E-state index is 1.19. The summed E-state index contributed by atoms with van der Waals surface area (Å²) >= 11 is 0. The van der Waals surface area contributed by atoms with Crippen molar-refractivity contribution in [3.63, 3.8) is 0 Å². The predicted octanol–water partition coefficient (Wildman–Crippen LogP) is 14.7. The molecule has 0 bridgehead atoms. The second-order valence-corrected chi connectivity index (χ2v) is 18.4. The van der Waals surface area contributed by atoms with Gasteiger partial charge in [-0.25, -0.2) is 0 Å². The van der Waals surface area contributed by atoms with Gasteiger partial charge in [-0.05, 0) is 70.2 Å². The van der Waals surface area contributed by atoms with Crippen LogP contribution < -0.4 is 21.9 Å². The van der Waals surface area contributed by atoms with Gasteiger partial charge in [0.2, 0.25) is 0 Å². The van der Waals surface area contributed by atoms with E-state index in [4.69, 9.17) is 0 Å². The van der Waals surface area contributed by atoms with Gasteiger partial charge in [-0.15, -0.1) is 0 Å². The number of nitrogens with zero attached hydrogens (tertiary/aromatic N) is 1. The molecule has 8 rings (SSSR count). The fourth-order valence-electron chi connectivity index (χ4n) is 10.6. The third-order valence-corrected chi connectivity index (χ3v) is 13.9. The minimum atomic E-state index is -1.70. The summed E-state index contributed by atoms with van der Waals surface area (Å²) < 4.78 is 1.42. The standard InChI is InChI=1S/C48H36B.C16H36N/c1-8-22-37(23-9-1)44-36-45(49(41-30-16-5-17-31-41,42-32-18-6-19-33-42)43-34-20-7-21-35-43)47(39-26-12-3-13-27-39)48(40-28-14-4-15-29-40)46(44)38-24-10-2-11-25-38;1-5-9-13-17(14-10-6-2,15-11-7-3)16-12-8-4/h1-36H;5-16H2,1-4H3/q-1;+1. The number of rotatable bonds is 20. The lowest BCUT2D eigenvalue weighted by Gasteiger charge is -2.47. The molecule has 0 saturated heterocycles. The van der Waals surface area contributed by atoms with Crippen LogP contribution >= 0.6 is 0 Å². The van der Waals surface area contributed by atoms with Crippen LogP contribution in [0.2, 0.25) is 0 Å². The number of unbranched alkanes of at least 4 members (excludes halogenated alkanes) is 4. The molecule has 66 heavy (non-hydrogen) atoms. The van der Waals surface area contributed by atoms with Crippen molar-refractivity contribution in [1.29, 1.82) is 0 Å². The maximum absolute atomic E-state index is 2.53. The Morgan fingerprint density at radius 1 is 0.303 bits per heavy atom. The number of benzene rings is 8. The molecule has 0 heterocycles. The molecule has 0 amide bonds. The van der Waals surface area contributed by atoms with Gasteiger partial charge in [0.25, 0.3) is 0 Å². The van der Waals surface area contributed by atoms with Gasteiger partial charge in [-0.1, -0.05) is 272 Å². The van der Waals surface area contributed by atoms with E-state index < -0.39 is 6.15 Å². The molecule has 1 nitrogen and oxygen atoms in total. The lowest BCUT2D eigenvalue weighted by molar-refractivity contribution is -0.929. The number of quaternary nitrogens is 1. The molecule has 0 N–H and O–H groups in total. The van der Waals surface area contributed by atoms with Crippen LogP contribution in [-0.4, -0.2) is 36.8 Å². The molecule has 0 spiro atoms. The van der Waals surface area contributed by atoms with Gasteiger partial charge in [0, 0.05) is 0 Å². The number of hydrogen-bond donors (Lipinski definition) is 0. The molecule has 0 unspecified atom stereocenters. The van der Waals surface area contributed by atoms with Gasteiger partial charge in [-0.3, -0.25) is 0 Å². The summed E-state index contributed by atoms with van der Waals surface area (Å²) in [4.78, 5) is 0. The molecule has 8 aromatic rings. The molecule has 0 fully saturated rings. The summed E-state index contributed by atoms with van der Waals surface area (Å²) in [5, 5.41) is 0. The first kappa shape index (κ1) is 47.7. The lowest BCUT2D eigenvalue weighted by atomic mass is 9.12. The maximum atomic E-state index is 2.53. The Morgan fingerprint density at radius 3 is 0.894 bits per heavy atom. The molecule has 0 saturated carbocycles. The fourth-order valence-corrected chi connectivity index (χ4v) is 10.6. The predicted molar refractivity (Wildman–Crippen MR) is 291 cm³/mol. The monoisotopic (exact) mass is 866 g/mol. The molecule has 0 aliphatic carbocycles. The molecule has 0 aliphatic heterocycles. The Balaban J connectivity index is 0.000000326. The summed E-state index contributed by atoms with van der Waals surface area (Å²) in [6, 6.07) is 79.8. The quantitative estimate of drug-likeness (QED) is 0.0529. The van der Waals surface area contributed by atoms with Crippen molar-refractivity contribution < 1.29 is 4.48 Å². The van der Waals surface area contributed by atoms with Gasteiger partial charge in [0.1, 0.15) is 6.15 Å². The molecular formula is C64H72BN. The van der Waals surface area contributed by atoms with E-state index in [1.54, 1.807) is 0 Å². The zero-order valence-electron chi connectivity index (χ0n) is 40.3. The van der Waals surface area contributed by atoms with Crippen LogP contribution in [0.5, 0.6) is 0 Å². The van der Waals surface area contributed by atoms with Crippen molar-refractivity contribution in [3.8, 4) is 44.5 Å². The Bertz CT molecular complexity index is 2460. The third-order valence-electron chi connectivity index (χ3n) is 13.9. The first-order chi connectivity index (χ1) is 32.6. The van der Waals surface area contributed by atoms with Crippen LogP contribution in [0.3, 0.4) is 0 Å². The zero-order chi connectivity index (χ0) is 45.9. The SMILES string of the molecule is CCCC[N+](CCCC)(CCCC)CCCC.c1ccc(-c2cc([B-](c3ccccc3)(c3ccccc3)c3ccccc3)c(-c3ccccc3)c(-c3ccccc3)c2-c2ccccc2)cc1. The normalized spacial score (nSPS) is 11.5. The molecular weight excluding hydrogens is 794 g/mol. The molecule has 0 aliphatic rings. The average molecular weight is 866 g/mol. The van der Waals surface area contributed by atoms with E-state index in [9.17, 15) is 0 Å². The van der Waals surface area contributed by atoms with Gasteiger partial charge in [0.05, 0.1) is 26.2 Å². The second kappa shape index (κ2) is 24.3. The average Bonchev–Trinajstić information content (AvgIpc) is 3.40. The lowest BCUT2D eigenvalue weighted by Crippen LogP contribution is -2.75. The molecule has 336 valence electrons. The Kier molecular flexibility index (Phi) is 17.6. The summed E-state index contributed by atoms with van der Waals surface area (Å²) in [6.07, 6.45) is 9.36. The smallest absolute Gasteiger partial charge is 0.108 e. The van der Waals surface area contributed by atoms with Crippen molar-refractivity contribution in [2.75, 3.05) is 26.2 Å². The Hall–Kier alpha value is -6.22. The molecule has 0 aromatic heterocycles. The van der Waals surface area contributed by atoms with Crippen LogP contribution in [0.1, 0.15) is 79.1 Å². The highest BCUT2D eigenvalue weighted by molar-refractivity contribution is 7.20. The van der Waals surface area contributed by atoms with E-state index in [2.05, 4.69) is 246 Å². The van der Waals surface area contributed by atoms with Crippen LogP contribution in [0.25, 0.3) is 44.5 Å². The van der Waals surface area contributed by atoms with E-state index >= 15 is 0 Å². The van der Waals surface area contributed by atoms with Gasteiger partial charge in [0.15, 0.2) is 0 Å². The Morgan fingerprint density at radius 2 is 0.576 bits per heavy atom. The van der Waals surface area contributed by atoms with Crippen molar-refractivity contribution in [2.45, 2.75) is 79.1 Å². The molecule has 0 atom stereocenters. The van der Waals surface area contributed by atoms with Crippen LogP contribution in [-0.2, 0) is 0 Å². The summed E-state index contributed by atoms with van der Waals surface area (Å²) in [5.41, 5.74) is 14.9. The highest BCUT2D eigenvalue weighted by atomic mass is 15.3. The van der Waals surface area contributed by atoms with E-state index in [0.717, 1.165) is 0 Å². The van der Waals surface area contributed by atoms with Gasteiger partial charge in [-0.2, -0.15) is 21.9 Å². The third kappa shape index (κ3) is 11.1. The fraction of sp³-hybridized carbons (Fsp3) is 0.250. The Labute approximate surface area is 398 Å². The van der Waals surface area contributed by atoms with Crippen LogP contribution in [0.15, 0.2) is 218 Å². The zero-order valence-corrected chi connectivity index (χ0v) is 40.3. The topological polar surface area (TPSA) is 0 Å². The second-order valence-electron chi connectivity index (χ2n) is 18.4. The minimum Gasteiger partial charge on any atom is -0.324 e. The molecule has 0 radical (unpaired) electrons. The van der Waals surface area contributed by atoms with Crippen molar-refractivity contribution >= 4 is 28.0 Å². The van der Waals surface area contributed by atoms with Crippen molar-refractivity contribution in [1.82, 2.24) is 0 Å². The summed E-state index contributed by atoms with van der Waals surface area (Å²) in [6.45, 7) is 15.0. The molecule has 2 heteroatoms. The highest BCUT2D eigenvalue weighted by Crippen LogP contribution is 2.45. The van der Waals surface area contributed by atoms with Crippen molar-refractivity contribution in [3.05, 3.63) is 218 Å². The summed E-state index contributed by atoms with van der Waals surface area (Å²) in [5.74, 6) is 0. The summed E-state index contributed by atoms with van der Waals surface area (Å²) in [7, 11) is 0. The van der Waals surface area contributed by atoms with Crippen molar-refractivity contribution in [2.24, 2.45) is 0 Å². The van der Waals surface area contributed by atoms with E-state index in [0.29, 0.717) is 0 Å². The first-order valence-corrected chi connectivity index (χ1v) is 25.2. The largest absolute Gasteiger partial charge is 0.324 e. The van der Waals surface area contributed by atoms with Crippen LogP contribution in [0.4, 0.5) is 0 Å². The maximum Gasteiger partial charge on any atom is 0.108 e. The first-order valence-electron chi connectivity index (χ1n) is 25.2. The number of hydrogen-bond acceptors (Lipinski definition) is 0. The van der Waals surface area contributed by atoms with Gasteiger partial charge >= 0.3 is 0 Å². The van der Waals surface area contributed by atoms with E-state index in [1.165, 1.54) is 148 Å². The van der Waals surface area contributed by atoms with E-state index in [-0.39, 0.29) is 0 Å². The highest BCUT2D eigenvalue weighted by Gasteiger charge is 2.36. The van der Waals surface area contributed by atoms with Crippen LogP contribution in [0, 0.1) is 0 Å².